The average molecular weight is 312 g/mol. The Morgan fingerprint density at radius 2 is 2.24 bits per heavy atom. The fourth-order valence-electron chi connectivity index (χ4n) is 1.71. The zero-order valence-electron chi connectivity index (χ0n) is 11.6. The van der Waals surface area contributed by atoms with Crippen LogP contribution in [0.25, 0.3) is 0 Å². The second-order valence-electron chi connectivity index (χ2n) is 4.19. The number of furan rings is 1. The van der Waals surface area contributed by atoms with Crippen LogP contribution in [0, 0.1) is 6.92 Å². The Kier molecular flexibility index (Phi) is 4.64. The van der Waals surface area contributed by atoms with Gasteiger partial charge in [0.2, 0.25) is 0 Å². The van der Waals surface area contributed by atoms with E-state index in [1.165, 1.54) is 16.8 Å². The fraction of sp³-hybridized carbons (Fsp3) is 0.308. The van der Waals surface area contributed by atoms with E-state index >= 15 is 0 Å². The van der Waals surface area contributed by atoms with Gasteiger partial charge in [0.1, 0.15) is 12.4 Å². The van der Waals surface area contributed by atoms with Gasteiger partial charge in [0.15, 0.2) is 11.0 Å². The number of nitrogens with one attached hydrogen (secondary N) is 1. The van der Waals surface area contributed by atoms with E-state index in [0.717, 1.165) is 0 Å². The highest BCUT2D eigenvalue weighted by molar-refractivity contribution is 6.29. The number of esters is 1. The van der Waals surface area contributed by atoms with Crippen molar-refractivity contribution in [2.24, 2.45) is 0 Å². The average Bonchev–Trinajstić information content (AvgIpc) is 2.97. The lowest BCUT2D eigenvalue weighted by Crippen LogP contribution is -2.19. The first-order valence-corrected chi connectivity index (χ1v) is 6.64. The minimum Gasteiger partial charge on any atom is -0.465 e. The first kappa shape index (κ1) is 15.1. The molecule has 2 aromatic rings. The molecule has 0 fully saturated rings. The smallest absolute Gasteiger partial charge is 0.327 e. The number of rotatable bonds is 5. The summed E-state index contributed by atoms with van der Waals surface area (Å²) in [7, 11) is 0. The third-order valence-electron chi connectivity index (χ3n) is 2.52. The Bertz CT molecular complexity index is 662. The van der Waals surface area contributed by atoms with Gasteiger partial charge in [-0.1, -0.05) is 0 Å². The second kappa shape index (κ2) is 6.45. The maximum atomic E-state index is 12.0. The minimum atomic E-state index is -0.480. The SMILES string of the molecule is CCOC(=O)Cn1nc(C)cc1NC(=O)c1ccc(Cl)o1. The third kappa shape index (κ3) is 3.85. The van der Waals surface area contributed by atoms with Crippen LogP contribution in [0.1, 0.15) is 23.2 Å². The molecule has 2 aromatic heterocycles. The molecule has 0 aliphatic rings. The van der Waals surface area contributed by atoms with Crippen molar-refractivity contribution in [1.82, 2.24) is 9.78 Å². The molecule has 0 aliphatic carbocycles. The molecular weight excluding hydrogens is 298 g/mol. The lowest BCUT2D eigenvalue weighted by molar-refractivity contribution is -0.144. The summed E-state index contributed by atoms with van der Waals surface area (Å²) < 4.78 is 11.2. The molecule has 8 heteroatoms. The molecule has 0 bridgehead atoms. The number of carbonyl (C=O) groups excluding carboxylic acids is 2. The molecule has 0 saturated carbocycles. The number of anilines is 1. The van der Waals surface area contributed by atoms with Crippen molar-refractivity contribution in [2.45, 2.75) is 20.4 Å². The van der Waals surface area contributed by atoms with Crippen LogP contribution in [0.5, 0.6) is 0 Å². The van der Waals surface area contributed by atoms with Crippen molar-refractivity contribution in [2.75, 3.05) is 11.9 Å². The molecule has 2 heterocycles. The molecule has 0 aliphatic heterocycles. The van der Waals surface area contributed by atoms with Crippen LogP contribution >= 0.6 is 11.6 Å². The molecule has 2 rings (SSSR count). The molecule has 0 saturated heterocycles. The van der Waals surface area contributed by atoms with Gasteiger partial charge in [-0.3, -0.25) is 9.59 Å². The van der Waals surface area contributed by atoms with Gasteiger partial charge in [0, 0.05) is 6.07 Å². The topological polar surface area (TPSA) is 86.4 Å². The van der Waals surface area contributed by atoms with E-state index in [2.05, 4.69) is 10.4 Å². The van der Waals surface area contributed by atoms with Crippen LogP contribution in [-0.4, -0.2) is 28.3 Å². The number of nitrogens with zero attached hydrogens (tertiary/aromatic N) is 2. The number of ether oxygens (including phenoxy) is 1. The van der Waals surface area contributed by atoms with Crippen LogP contribution in [0.3, 0.4) is 0 Å². The van der Waals surface area contributed by atoms with Crippen molar-refractivity contribution in [1.29, 1.82) is 0 Å². The van der Waals surface area contributed by atoms with Crippen molar-refractivity contribution in [3.8, 4) is 0 Å². The molecule has 112 valence electrons. The summed E-state index contributed by atoms with van der Waals surface area (Å²) in [5.41, 5.74) is 0.659. The first-order valence-electron chi connectivity index (χ1n) is 6.26. The van der Waals surface area contributed by atoms with Crippen molar-refractivity contribution < 1.29 is 18.7 Å². The first-order chi connectivity index (χ1) is 9.99. The van der Waals surface area contributed by atoms with E-state index in [-0.39, 0.29) is 24.1 Å². The van der Waals surface area contributed by atoms with Crippen molar-refractivity contribution >= 4 is 29.3 Å². The molecule has 0 atom stereocenters. The van der Waals surface area contributed by atoms with Crippen LogP contribution in [0.15, 0.2) is 22.6 Å². The van der Waals surface area contributed by atoms with Crippen LogP contribution in [0.2, 0.25) is 5.22 Å². The highest BCUT2D eigenvalue weighted by Crippen LogP contribution is 2.16. The summed E-state index contributed by atoms with van der Waals surface area (Å²) in [6.07, 6.45) is 0. The van der Waals surface area contributed by atoms with Crippen molar-refractivity contribution in [3.63, 3.8) is 0 Å². The Balaban J connectivity index is 2.12. The van der Waals surface area contributed by atoms with Crippen LogP contribution in [-0.2, 0) is 16.1 Å². The van der Waals surface area contributed by atoms with E-state index in [1.54, 1.807) is 19.9 Å². The van der Waals surface area contributed by atoms with Gasteiger partial charge in [-0.25, -0.2) is 4.68 Å². The van der Waals surface area contributed by atoms with Gasteiger partial charge >= 0.3 is 5.97 Å². The normalized spacial score (nSPS) is 10.4. The largest absolute Gasteiger partial charge is 0.465 e. The molecule has 21 heavy (non-hydrogen) atoms. The number of aryl methyl sites for hydroxylation is 1. The number of halogens is 1. The molecule has 0 radical (unpaired) electrons. The number of aromatic nitrogens is 2. The summed E-state index contributed by atoms with van der Waals surface area (Å²) in [5.74, 6) is -0.469. The highest BCUT2D eigenvalue weighted by Gasteiger charge is 2.16. The summed E-state index contributed by atoms with van der Waals surface area (Å²) in [6.45, 7) is 3.67. The number of hydrogen-bond donors (Lipinski definition) is 1. The van der Waals surface area contributed by atoms with Gasteiger partial charge in [-0.2, -0.15) is 5.10 Å². The monoisotopic (exact) mass is 311 g/mol. The Morgan fingerprint density at radius 3 is 2.86 bits per heavy atom. The lowest BCUT2D eigenvalue weighted by Gasteiger charge is -2.07. The Labute approximate surface area is 125 Å². The molecule has 0 unspecified atom stereocenters. The lowest BCUT2D eigenvalue weighted by atomic mass is 10.4. The molecule has 1 amide bonds. The van der Waals surface area contributed by atoms with E-state index in [0.29, 0.717) is 11.5 Å². The van der Waals surface area contributed by atoms with Gasteiger partial charge < -0.3 is 14.5 Å². The minimum absolute atomic E-state index is 0.0709. The Morgan fingerprint density at radius 1 is 1.48 bits per heavy atom. The van der Waals surface area contributed by atoms with Gasteiger partial charge in [-0.05, 0) is 37.6 Å². The maximum Gasteiger partial charge on any atom is 0.327 e. The summed E-state index contributed by atoms with van der Waals surface area (Å²) in [6, 6.07) is 4.57. The van der Waals surface area contributed by atoms with Crippen LogP contribution in [0.4, 0.5) is 5.82 Å². The molecule has 0 aromatic carbocycles. The summed E-state index contributed by atoms with van der Waals surface area (Å²) in [4.78, 5) is 23.5. The molecule has 0 spiro atoms. The number of hydrogen-bond acceptors (Lipinski definition) is 5. The number of carbonyl (C=O) groups is 2. The Hall–Kier alpha value is -2.28. The zero-order valence-corrected chi connectivity index (χ0v) is 12.3. The van der Waals surface area contributed by atoms with Gasteiger partial charge in [0.25, 0.3) is 5.91 Å². The van der Waals surface area contributed by atoms with E-state index in [1.807, 2.05) is 0 Å². The van der Waals surface area contributed by atoms with Gasteiger partial charge in [0.05, 0.1) is 12.3 Å². The zero-order chi connectivity index (χ0) is 15.4. The summed E-state index contributed by atoms with van der Waals surface area (Å²) >= 11 is 5.62. The highest BCUT2D eigenvalue weighted by atomic mass is 35.5. The predicted octanol–water partition coefficient (Wildman–Crippen LogP) is 2.25. The molecule has 7 nitrogen and oxygen atoms in total. The van der Waals surface area contributed by atoms with Gasteiger partial charge in [-0.15, -0.1) is 0 Å². The number of amides is 1. The summed E-state index contributed by atoms with van der Waals surface area (Å²) in [5, 5.41) is 6.86. The standard InChI is InChI=1S/C13H14ClN3O4/c1-3-20-12(18)7-17-11(6-8(2)16-17)15-13(19)9-4-5-10(14)21-9/h4-6H,3,7H2,1-2H3,(H,15,19). The van der Waals surface area contributed by atoms with Crippen LogP contribution < -0.4 is 5.32 Å². The molecule has 1 N–H and O–H groups in total. The fourth-order valence-corrected chi connectivity index (χ4v) is 1.86. The second-order valence-corrected chi connectivity index (χ2v) is 4.56. The van der Waals surface area contributed by atoms with E-state index < -0.39 is 11.9 Å². The third-order valence-corrected chi connectivity index (χ3v) is 2.73. The van der Waals surface area contributed by atoms with E-state index in [4.69, 9.17) is 20.8 Å². The van der Waals surface area contributed by atoms with E-state index in [9.17, 15) is 9.59 Å². The molecular formula is C13H14ClN3O4. The predicted molar refractivity (Wildman–Crippen MR) is 75.3 cm³/mol. The quantitative estimate of drug-likeness (QED) is 0.856. The van der Waals surface area contributed by atoms with Crippen molar-refractivity contribution in [3.05, 3.63) is 34.9 Å². The maximum absolute atomic E-state index is 12.0.